The summed E-state index contributed by atoms with van der Waals surface area (Å²) < 4.78 is 6.41. The predicted octanol–water partition coefficient (Wildman–Crippen LogP) is 15.8. The van der Waals surface area contributed by atoms with E-state index < -0.39 is 10.8 Å². The van der Waals surface area contributed by atoms with E-state index in [0.717, 1.165) is 39.0 Å². The SMILES string of the molecule is c1ccc(C2(c3ccc(N(c4ccc5oc6ccccc6c5c4)c4cccc5c4-c4ccccc4C54c5ccccc5-c5ccccc54)cc3)c3ccccc3-c3ccccc32)cc1. The first-order valence-electron chi connectivity index (χ1n) is 22.3. The molecule has 0 unspecified atom stereocenters. The summed E-state index contributed by atoms with van der Waals surface area (Å²) in [4.78, 5) is 2.48. The Morgan fingerprint density at radius 2 is 0.750 bits per heavy atom. The minimum absolute atomic E-state index is 0.458. The van der Waals surface area contributed by atoms with Crippen molar-refractivity contribution < 1.29 is 4.42 Å². The molecule has 1 aromatic heterocycles. The summed E-state index contributed by atoms with van der Waals surface area (Å²) in [6.45, 7) is 0. The van der Waals surface area contributed by atoms with Gasteiger partial charge in [0, 0.05) is 27.7 Å². The molecule has 14 rings (SSSR count). The molecular weight excluding hydrogens is 775 g/mol. The van der Waals surface area contributed by atoms with Crippen LogP contribution in [0.4, 0.5) is 17.1 Å². The number of fused-ring (bicyclic) bond motifs is 16. The van der Waals surface area contributed by atoms with Crippen molar-refractivity contribution in [3.05, 3.63) is 281 Å². The van der Waals surface area contributed by atoms with Gasteiger partial charge in [0.05, 0.1) is 16.5 Å². The zero-order chi connectivity index (χ0) is 42.0. The summed E-state index contributed by atoms with van der Waals surface area (Å²) in [5.41, 5.74) is 22.2. The van der Waals surface area contributed by atoms with Crippen LogP contribution in [0.5, 0.6) is 0 Å². The number of hydrogen-bond acceptors (Lipinski definition) is 2. The fourth-order valence-corrected chi connectivity index (χ4v) is 12.2. The van der Waals surface area contributed by atoms with Crippen molar-refractivity contribution >= 4 is 39.0 Å². The number of anilines is 3. The van der Waals surface area contributed by atoms with Crippen LogP contribution in [0.25, 0.3) is 55.3 Å². The Hall–Kier alpha value is -8.20. The predicted molar refractivity (Wildman–Crippen MR) is 262 cm³/mol. The van der Waals surface area contributed by atoms with E-state index in [9.17, 15) is 0 Å². The van der Waals surface area contributed by atoms with Gasteiger partial charge in [-0.3, -0.25) is 0 Å². The zero-order valence-corrected chi connectivity index (χ0v) is 34.9. The van der Waals surface area contributed by atoms with Crippen molar-refractivity contribution in [3.63, 3.8) is 0 Å². The molecule has 10 aromatic carbocycles. The lowest BCUT2D eigenvalue weighted by Crippen LogP contribution is -2.28. The van der Waals surface area contributed by atoms with Crippen molar-refractivity contribution in [2.45, 2.75) is 10.8 Å². The minimum atomic E-state index is -0.491. The topological polar surface area (TPSA) is 16.4 Å². The van der Waals surface area contributed by atoms with Crippen molar-refractivity contribution in [1.29, 1.82) is 0 Å². The van der Waals surface area contributed by atoms with Crippen LogP contribution >= 0.6 is 0 Å². The monoisotopic (exact) mass is 813 g/mol. The van der Waals surface area contributed by atoms with Gasteiger partial charge >= 0.3 is 0 Å². The molecule has 0 N–H and O–H groups in total. The third-order valence-electron chi connectivity index (χ3n) is 14.6. The van der Waals surface area contributed by atoms with Crippen LogP contribution in [0.2, 0.25) is 0 Å². The summed E-state index contributed by atoms with van der Waals surface area (Å²) >= 11 is 0. The number of para-hydroxylation sites is 1. The number of hydrogen-bond donors (Lipinski definition) is 0. The van der Waals surface area contributed by atoms with E-state index in [4.69, 9.17) is 4.42 Å². The summed E-state index contributed by atoms with van der Waals surface area (Å²) in [5, 5.41) is 2.21. The molecule has 0 fully saturated rings. The quantitative estimate of drug-likeness (QED) is 0.172. The summed E-state index contributed by atoms with van der Waals surface area (Å²) in [6, 6.07) is 87.7. The zero-order valence-electron chi connectivity index (χ0n) is 34.9. The molecule has 0 saturated heterocycles. The summed E-state index contributed by atoms with van der Waals surface area (Å²) in [5.74, 6) is 0. The Labute approximate surface area is 372 Å². The first kappa shape index (κ1) is 35.4. The second-order valence-electron chi connectivity index (χ2n) is 17.5. The second-order valence-corrected chi connectivity index (χ2v) is 17.5. The Kier molecular flexibility index (Phi) is 7.28. The molecule has 3 aliphatic rings. The lowest BCUT2D eigenvalue weighted by molar-refractivity contribution is 0.669. The van der Waals surface area contributed by atoms with Gasteiger partial charge in [-0.2, -0.15) is 0 Å². The van der Waals surface area contributed by atoms with Crippen LogP contribution in [0, 0.1) is 0 Å². The molecule has 0 radical (unpaired) electrons. The maximum atomic E-state index is 6.41. The standard InChI is InChI=1S/C62H39NO/c1-2-17-40(18-3-1)61(51-25-10-4-19-44(51)45-20-5-11-26-52(45)61)41-33-35-42(36-34-41)63(43-37-38-59-50(39-43)48-23-9-15-32-58(48)64-59)57-31-16-30-56-60(57)49-24-8-14-29-55(49)62(56)53-27-12-6-21-46(53)47-22-7-13-28-54(47)62/h1-39H. The molecule has 2 heteroatoms. The Balaban J connectivity index is 1.04. The van der Waals surface area contributed by atoms with E-state index in [2.05, 4.69) is 235 Å². The smallest absolute Gasteiger partial charge is 0.135 e. The lowest BCUT2D eigenvalue weighted by Gasteiger charge is -2.35. The van der Waals surface area contributed by atoms with Gasteiger partial charge in [0.1, 0.15) is 11.2 Å². The number of furan rings is 1. The molecular formula is C62H39NO. The molecule has 2 nitrogen and oxygen atoms in total. The first-order valence-corrected chi connectivity index (χ1v) is 22.3. The van der Waals surface area contributed by atoms with Crippen LogP contribution in [0.3, 0.4) is 0 Å². The summed E-state index contributed by atoms with van der Waals surface area (Å²) in [6.07, 6.45) is 0. The highest BCUT2D eigenvalue weighted by Gasteiger charge is 2.52. The molecule has 3 aliphatic carbocycles. The van der Waals surface area contributed by atoms with Gasteiger partial charge in [-0.1, -0.05) is 194 Å². The highest BCUT2D eigenvalue weighted by atomic mass is 16.3. The molecule has 1 heterocycles. The molecule has 0 amide bonds. The molecule has 298 valence electrons. The molecule has 64 heavy (non-hydrogen) atoms. The maximum Gasteiger partial charge on any atom is 0.135 e. The normalized spacial score (nSPS) is 14.2. The molecule has 0 saturated carbocycles. The van der Waals surface area contributed by atoms with Gasteiger partial charge in [0.15, 0.2) is 0 Å². The Morgan fingerprint density at radius 3 is 1.38 bits per heavy atom. The fraction of sp³-hybridized carbons (Fsp3) is 0.0323. The van der Waals surface area contributed by atoms with Gasteiger partial charge in [0.2, 0.25) is 0 Å². The lowest BCUT2D eigenvalue weighted by atomic mass is 9.67. The largest absolute Gasteiger partial charge is 0.456 e. The third kappa shape index (κ3) is 4.49. The van der Waals surface area contributed by atoms with E-state index in [1.807, 2.05) is 6.07 Å². The number of nitrogens with zero attached hydrogens (tertiary/aromatic N) is 1. The van der Waals surface area contributed by atoms with Crippen LogP contribution in [-0.4, -0.2) is 0 Å². The van der Waals surface area contributed by atoms with Gasteiger partial charge in [-0.05, 0) is 115 Å². The third-order valence-corrected chi connectivity index (χ3v) is 14.6. The molecule has 1 spiro atoms. The maximum absolute atomic E-state index is 6.41. The highest BCUT2D eigenvalue weighted by molar-refractivity contribution is 6.07. The van der Waals surface area contributed by atoms with E-state index in [0.29, 0.717) is 0 Å². The first-order chi connectivity index (χ1) is 31.8. The van der Waals surface area contributed by atoms with Crippen molar-refractivity contribution in [3.8, 4) is 33.4 Å². The van der Waals surface area contributed by atoms with Crippen molar-refractivity contribution in [2.24, 2.45) is 0 Å². The van der Waals surface area contributed by atoms with E-state index in [1.54, 1.807) is 0 Å². The Morgan fingerprint density at radius 1 is 0.297 bits per heavy atom. The van der Waals surface area contributed by atoms with E-state index in [-0.39, 0.29) is 0 Å². The average molecular weight is 814 g/mol. The van der Waals surface area contributed by atoms with Crippen molar-refractivity contribution in [2.75, 3.05) is 4.90 Å². The molecule has 0 aliphatic heterocycles. The van der Waals surface area contributed by atoms with Gasteiger partial charge in [-0.25, -0.2) is 0 Å². The van der Waals surface area contributed by atoms with E-state index in [1.165, 1.54) is 77.9 Å². The fourth-order valence-electron chi connectivity index (χ4n) is 12.2. The van der Waals surface area contributed by atoms with Gasteiger partial charge in [0.25, 0.3) is 0 Å². The van der Waals surface area contributed by atoms with Crippen molar-refractivity contribution in [1.82, 2.24) is 0 Å². The van der Waals surface area contributed by atoms with E-state index >= 15 is 0 Å². The molecule has 11 aromatic rings. The number of rotatable bonds is 5. The van der Waals surface area contributed by atoms with Crippen LogP contribution in [0.1, 0.15) is 44.5 Å². The van der Waals surface area contributed by atoms with Gasteiger partial charge in [-0.15, -0.1) is 0 Å². The van der Waals surface area contributed by atoms with Crippen LogP contribution in [-0.2, 0) is 10.8 Å². The van der Waals surface area contributed by atoms with Crippen LogP contribution < -0.4 is 4.90 Å². The average Bonchev–Trinajstić information content (AvgIpc) is 4.08. The van der Waals surface area contributed by atoms with Crippen LogP contribution in [0.15, 0.2) is 241 Å². The molecule has 0 atom stereocenters. The van der Waals surface area contributed by atoms with Gasteiger partial charge < -0.3 is 9.32 Å². The Bertz CT molecular complexity index is 3600. The summed E-state index contributed by atoms with van der Waals surface area (Å²) in [7, 11) is 0. The second kappa shape index (κ2) is 13.2. The minimum Gasteiger partial charge on any atom is -0.456 e. The highest BCUT2D eigenvalue weighted by Crippen LogP contribution is 2.65. The number of benzene rings is 10. The molecule has 0 bridgehead atoms.